The highest BCUT2D eigenvalue weighted by molar-refractivity contribution is 6.36. The minimum absolute atomic E-state index is 0.184. The Morgan fingerprint density at radius 1 is 1.18 bits per heavy atom. The molecule has 1 saturated heterocycles. The Morgan fingerprint density at radius 3 is 2.67 bits per heavy atom. The first kappa shape index (κ1) is 26.7. The van der Waals surface area contributed by atoms with Crippen molar-refractivity contribution in [2.75, 3.05) is 31.6 Å². The second-order valence-electron chi connectivity index (χ2n) is 8.76. The van der Waals surface area contributed by atoms with E-state index in [2.05, 4.69) is 25.3 Å². The summed E-state index contributed by atoms with van der Waals surface area (Å²) in [4.78, 5) is 19.0. The number of halogens is 4. The molecule has 3 aromatic heterocycles. The molecule has 5 rings (SSSR count). The normalized spacial score (nSPS) is 15.1. The number of rotatable bonds is 7. The fourth-order valence-electron chi connectivity index (χ4n) is 4.18. The molecule has 14 heteroatoms. The minimum atomic E-state index is -4.52. The maximum absolute atomic E-state index is 13.7. The summed E-state index contributed by atoms with van der Waals surface area (Å²) in [7, 11) is 1.67. The van der Waals surface area contributed by atoms with Crippen LogP contribution in [-0.4, -0.2) is 55.7 Å². The van der Waals surface area contributed by atoms with Crippen molar-refractivity contribution in [1.82, 2.24) is 29.4 Å². The lowest BCUT2D eigenvalue weighted by Gasteiger charge is -2.27. The van der Waals surface area contributed by atoms with E-state index in [1.807, 2.05) is 4.90 Å². The molecule has 10 nitrogen and oxygen atoms in total. The number of aryl methyl sites for hydroxylation is 1. The van der Waals surface area contributed by atoms with Crippen LogP contribution < -0.4 is 15.8 Å². The van der Waals surface area contributed by atoms with Crippen LogP contribution in [0, 0.1) is 0 Å². The maximum Gasteiger partial charge on any atom is 0.416 e. The quantitative estimate of drug-likeness (QED) is 0.318. The molecule has 39 heavy (non-hydrogen) atoms. The molecule has 0 amide bonds. The third-order valence-corrected chi connectivity index (χ3v) is 6.44. The topological polar surface area (TPSA) is 116 Å². The number of pyridine rings is 1. The van der Waals surface area contributed by atoms with Gasteiger partial charge in [-0.1, -0.05) is 11.6 Å². The number of benzene rings is 1. The van der Waals surface area contributed by atoms with Gasteiger partial charge in [-0.15, -0.1) is 0 Å². The number of hydrogen-bond donors (Lipinski definition) is 2. The van der Waals surface area contributed by atoms with Crippen LogP contribution in [0.3, 0.4) is 0 Å². The molecule has 1 aliphatic heterocycles. The summed E-state index contributed by atoms with van der Waals surface area (Å²) in [5.74, 6) is 0.646. The Bertz CT molecular complexity index is 1500. The number of imidazole rings is 1. The van der Waals surface area contributed by atoms with E-state index in [4.69, 9.17) is 26.8 Å². The average molecular weight is 561 g/mol. The Kier molecular flexibility index (Phi) is 7.55. The van der Waals surface area contributed by atoms with Gasteiger partial charge in [0, 0.05) is 51.0 Å². The fraction of sp³-hybridized carbons (Fsp3) is 0.280. The van der Waals surface area contributed by atoms with Crippen molar-refractivity contribution in [2.24, 2.45) is 12.8 Å². The zero-order valence-electron chi connectivity index (χ0n) is 20.7. The summed E-state index contributed by atoms with van der Waals surface area (Å²) >= 11 is 6.65. The molecule has 204 valence electrons. The van der Waals surface area contributed by atoms with Crippen molar-refractivity contribution in [1.29, 1.82) is 0 Å². The van der Waals surface area contributed by atoms with Gasteiger partial charge >= 0.3 is 6.18 Å². The molecule has 3 N–H and O–H groups in total. The number of anilines is 2. The minimum Gasteiger partial charge on any atom is -0.450 e. The molecule has 0 saturated carbocycles. The predicted molar refractivity (Wildman–Crippen MR) is 139 cm³/mol. The van der Waals surface area contributed by atoms with Crippen LogP contribution in [0.2, 0.25) is 5.02 Å². The van der Waals surface area contributed by atoms with Gasteiger partial charge in [0.15, 0.2) is 17.2 Å². The van der Waals surface area contributed by atoms with E-state index in [1.54, 1.807) is 17.7 Å². The zero-order valence-corrected chi connectivity index (χ0v) is 21.5. The van der Waals surface area contributed by atoms with Crippen LogP contribution in [0.4, 0.5) is 24.8 Å². The zero-order chi connectivity index (χ0) is 27.6. The lowest BCUT2D eigenvalue weighted by atomic mass is 10.1. The van der Waals surface area contributed by atoms with Gasteiger partial charge in [-0.2, -0.15) is 18.2 Å². The number of alkyl halides is 3. The van der Waals surface area contributed by atoms with Crippen LogP contribution >= 0.6 is 11.6 Å². The molecule has 4 heterocycles. The second-order valence-corrected chi connectivity index (χ2v) is 9.13. The Hall–Kier alpha value is -3.94. The molecule has 0 radical (unpaired) electrons. The van der Waals surface area contributed by atoms with Gasteiger partial charge in [-0.05, 0) is 23.8 Å². The lowest BCUT2D eigenvalue weighted by Crippen LogP contribution is -2.35. The summed E-state index contributed by atoms with van der Waals surface area (Å²) in [6, 6.07) is 3.88. The molecule has 1 aliphatic rings. The second kappa shape index (κ2) is 11.0. The molecular formula is C25H24ClF3N8O2. The van der Waals surface area contributed by atoms with Gasteiger partial charge in [-0.25, -0.2) is 9.97 Å². The fourth-order valence-corrected chi connectivity index (χ4v) is 4.48. The molecule has 0 spiro atoms. The third-order valence-electron chi connectivity index (χ3n) is 6.08. The van der Waals surface area contributed by atoms with Gasteiger partial charge in [0.2, 0.25) is 5.95 Å². The standard InChI is InChI=1S/C25H24ClF3N8O2/c1-36-22-21(26)20(39-19(11-30)18-12-31-2-3-32-18)13-33-23(22)35-24(36)34-17-9-15(8-16(10-17)25(27,28)29)14-37-4-6-38-7-5-37/h2-3,8-13H,4-7,14,30H2,1H3,(H,33,34,35). The van der Waals surface area contributed by atoms with Crippen molar-refractivity contribution >= 4 is 40.2 Å². The Labute approximate surface area is 226 Å². The third kappa shape index (κ3) is 5.90. The lowest BCUT2D eigenvalue weighted by molar-refractivity contribution is -0.137. The first-order chi connectivity index (χ1) is 18.7. The number of nitrogens with zero attached hydrogens (tertiary/aromatic N) is 6. The summed E-state index contributed by atoms with van der Waals surface area (Å²) in [6.45, 7) is 2.75. The monoisotopic (exact) mass is 560 g/mol. The molecule has 0 bridgehead atoms. The first-order valence-corrected chi connectivity index (χ1v) is 12.3. The summed E-state index contributed by atoms with van der Waals surface area (Å²) in [5, 5.41) is 3.18. The van der Waals surface area contributed by atoms with Gasteiger partial charge < -0.3 is 25.1 Å². The van der Waals surface area contributed by atoms with Crippen LogP contribution in [0.25, 0.3) is 16.9 Å². The van der Waals surface area contributed by atoms with Crippen molar-refractivity contribution < 1.29 is 22.6 Å². The van der Waals surface area contributed by atoms with E-state index in [0.29, 0.717) is 49.6 Å². The molecule has 0 unspecified atom stereocenters. The summed E-state index contributed by atoms with van der Waals surface area (Å²) in [6.07, 6.45) is 2.57. The number of fused-ring (bicyclic) bond motifs is 1. The van der Waals surface area contributed by atoms with Gasteiger partial charge in [-0.3, -0.25) is 9.88 Å². The van der Waals surface area contributed by atoms with Crippen molar-refractivity contribution in [3.05, 3.63) is 71.0 Å². The smallest absolute Gasteiger partial charge is 0.416 e. The van der Waals surface area contributed by atoms with Crippen LogP contribution in [0.15, 0.2) is 49.2 Å². The number of ether oxygens (including phenoxy) is 2. The van der Waals surface area contributed by atoms with Crippen LogP contribution in [-0.2, 0) is 24.5 Å². The number of nitrogens with two attached hydrogens (primary N) is 1. The van der Waals surface area contributed by atoms with Crippen LogP contribution in [0.5, 0.6) is 5.75 Å². The highest BCUT2D eigenvalue weighted by Gasteiger charge is 2.31. The molecule has 4 aromatic rings. The van der Waals surface area contributed by atoms with Crippen molar-refractivity contribution in [2.45, 2.75) is 12.7 Å². The number of hydrogen-bond acceptors (Lipinski definition) is 9. The highest BCUT2D eigenvalue weighted by atomic mass is 35.5. The predicted octanol–water partition coefficient (Wildman–Crippen LogP) is 4.34. The molecule has 1 fully saturated rings. The van der Waals surface area contributed by atoms with Crippen molar-refractivity contribution in [3.8, 4) is 5.75 Å². The van der Waals surface area contributed by atoms with Gasteiger partial charge in [0.25, 0.3) is 0 Å². The molecule has 0 aliphatic carbocycles. The molecule has 1 aromatic carbocycles. The SMILES string of the molecule is Cn1c(Nc2cc(CN3CCOCC3)cc(C(F)(F)F)c2)nc2ncc(OC(=CN)c3cnccn3)c(Cl)c21. The Balaban J connectivity index is 1.45. The first-order valence-electron chi connectivity index (χ1n) is 11.9. The van der Waals surface area contributed by atoms with Gasteiger partial charge in [0.1, 0.15) is 16.2 Å². The summed E-state index contributed by atoms with van der Waals surface area (Å²) in [5.41, 5.74) is 6.78. The van der Waals surface area contributed by atoms with E-state index >= 15 is 0 Å². The van der Waals surface area contributed by atoms with Gasteiger partial charge in [0.05, 0.1) is 31.2 Å². The number of nitrogens with one attached hydrogen (secondary N) is 1. The van der Waals surface area contributed by atoms with E-state index in [9.17, 15) is 13.2 Å². The Morgan fingerprint density at radius 2 is 1.97 bits per heavy atom. The van der Waals surface area contributed by atoms with E-state index in [-0.39, 0.29) is 33.8 Å². The van der Waals surface area contributed by atoms with Crippen molar-refractivity contribution in [3.63, 3.8) is 0 Å². The highest BCUT2D eigenvalue weighted by Crippen LogP contribution is 2.36. The molecule has 0 atom stereocenters. The van der Waals surface area contributed by atoms with Crippen LogP contribution in [0.1, 0.15) is 16.8 Å². The van der Waals surface area contributed by atoms with E-state index in [0.717, 1.165) is 12.1 Å². The van der Waals surface area contributed by atoms with E-state index < -0.39 is 11.7 Å². The average Bonchev–Trinajstić information content (AvgIpc) is 3.24. The van der Waals surface area contributed by atoms with E-state index in [1.165, 1.54) is 31.0 Å². The summed E-state index contributed by atoms with van der Waals surface area (Å²) < 4.78 is 53.9. The molecular weight excluding hydrogens is 537 g/mol. The largest absolute Gasteiger partial charge is 0.450 e. The number of morpholine rings is 1. The number of aromatic nitrogens is 5. The maximum atomic E-state index is 13.7.